The molecule has 102 valence electrons. The first kappa shape index (κ1) is 12.2. The number of urea groups is 1. The molecule has 0 radical (unpaired) electrons. The van der Waals surface area contributed by atoms with Crippen molar-refractivity contribution in [3.8, 4) is 0 Å². The van der Waals surface area contributed by atoms with Crippen molar-refractivity contribution >= 4 is 6.03 Å². The van der Waals surface area contributed by atoms with Crippen molar-refractivity contribution in [2.75, 3.05) is 39.9 Å². The summed E-state index contributed by atoms with van der Waals surface area (Å²) in [5.74, 6) is 0. The molecule has 18 heavy (non-hydrogen) atoms. The number of methoxy groups -OCH3 is 1. The van der Waals surface area contributed by atoms with Crippen LogP contribution >= 0.6 is 0 Å². The number of hydrogen-bond acceptors (Lipinski definition) is 3. The summed E-state index contributed by atoms with van der Waals surface area (Å²) in [5, 5.41) is 0. The Balaban J connectivity index is 1.53. The van der Waals surface area contributed by atoms with Gasteiger partial charge in [0.1, 0.15) is 5.60 Å². The van der Waals surface area contributed by atoms with Crippen LogP contribution in [0.25, 0.3) is 0 Å². The second-order valence-electron chi connectivity index (χ2n) is 5.71. The number of hydrogen-bond donors (Lipinski definition) is 0. The standard InChI is InChI=1S/C13H22N2O3/c1-17-11-4-7-18-13(8-11)9-15(10-13)12(16)14-5-2-3-6-14/h11H,2-10H2,1H3/t11-/m0/s1. The van der Waals surface area contributed by atoms with E-state index in [0.29, 0.717) is 6.10 Å². The molecule has 0 aromatic carbocycles. The normalized spacial score (nSPS) is 30.6. The molecule has 1 atom stereocenters. The molecule has 0 aromatic rings. The van der Waals surface area contributed by atoms with E-state index in [9.17, 15) is 4.79 Å². The van der Waals surface area contributed by atoms with Crippen LogP contribution < -0.4 is 0 Å². The van der Waals surface area contributed by atoms with Crippen molar-refractivity contribution in [1.82, 2.24) is 9.80 Å². The van der Waals surface area contributed by atoms with E-state index in [0.717, 1.165) is 58.5 Å². The van der Waals surface area contributed by atoms with E-state index >= 15 is 0 Å². The van der Waals surface area contributed by atoms with Gasteiger partial charge in [0.25, 0.3) is 0 Å². The number of rotatable bonds is 1. The fourth-order valence-corrected chi connectivity index (χ4v) is 3.30. The van der Waals surface area contributed by atoms with Crippen LogP contribution in [0.2, 0.25) is 0 Å². The highest BCUT2D eigenvalue weighted by Gasteiger charge is 2.50. The monoisotopic (exact) mass is 254 g/mol. The maximum atomic E-state index is 12.2. The molecule has 3 aliphatic rings. The second kappa shape index (κ2) is 4.70. The predicted octanol–water partition coefficient (Wildman–Crippen LogP) is 1.08. The molecular weight excluding hydrogens is 232 g/mol. The number of nitrogens with zero attached hydrogens (tertiary/aromatic N) is 2. The van der Waals surface area contributed by atoms with Crippen LogP contribution in [0.4, 0.5) is 4.79 Å². The Labute approximate surface area is 108 Å². The van der Waals surface area contributed by atoms with Crippen molar-refractivity contribution < 1.29 is 14.3 Å². The van der Waals surface area contributed by atoms with Crippen molar-refractivity contribution in [2.45, 2.75) is 37.4 Å². The quantitative estimate of drug-likeness (QED) is 0.703. The van der Waals surface area contributed by atoms with Crippen LogP contribution in [0.3, 0.4) is 0 Å². The molecule has 0 saturated carbocycles. The predicted molar refractivity (Wildman–Crippen MR) is 66.5 cm³/mol. The molecule has 0 N–H and O–H groups in total. The van der Waals surface area contributed by atoms with Crippen molar-refractivity contribution in [2.24, 2.45) is 0 Å². The summed E-state index contributed by atoms with van der Waals surface area (Å²) in [6, 6.07) is 0.196. The Bertz CT molecular complexity index is 322. The number of carbonyl (C=O) groups is 1. The van der Waals surface area contributed by atoms with Crippen LogP contribution in [-0.2, 0) is 9.47 Å². The number of likely N-dealkylation sites (tertiary alicyclic amines) is 2. The highest BCUT2D eigenvalue weighted by Crippen LogP contribution is 2.35. The Morgan fingerprint density at radius 2 is 2.00 bits per heavy atom. The molecule has 2 amide bonds. The van der Waals surface area contributed by atoms with Gasteiger partial charge in [-0.3, -0.25) is 0 Å². The second-order valence-corrected chi connectivity index (χ2v) is 5.71. The lowest BCUT2D eigenvalue weighted by Crippen LogP contribution is -2.68. The fraction of sp³-hybridized carbons (Fsp3) is 0.923. The summed E-state index contributed by atoms with van der Waals surface area (Å²) in [6.45, 7) is 4.07. The molecule has 3 fully saturated rings. The summed E-state index contributed by atoms with van der Waals surface area (Å²) in [4.78, 5) is 16.1. The molecule has 0 unspecified atom stereocenters. The number of ether oxygens (including phenoxy) is 2. The lowest BCUT2D eigenvalue weighted by molar-refractivity contribution is -0.182. The third-order valence-corrected chi connectivity index (χ3v) is 4.39. The van der Waals surface area contributed by atoms with Crippen molar-refractivity contribution in [3.05, 3.63) is 0 Å². The highest BCUT2D eigenvalue weighted by atomic mass is 16.5. The van der Waals surface area contributed by atoms with Crippen LogP contribution in [0.1, 0.15) is 25.7 Å². The molecule has 5 heteroatoms. The number of amides is 2. The van der Waals surface area contributed by atoms with Gasteiger partial charge in [0, 0.05) is 33.2 Å². The third-order valence-electron chi connectivity index (χ3n) is 4.39. The van der Waals surface area contributed by atoms with Crippen LogP contribution in [0, 0.1) is 0 Å². The van der Waals surface area contributed by atoms with E-state index in [-0.39, 0.29) is 11.6 Å². The van der Waals surface area contributed by atoms with Gasteiger partial charge in [-0.05, 0) is 19.3 Å². The van der Waals surface area contributed by atoms with Gasteiger partial charge in [-0.2, -0.15) is 0 Å². The van der Waals surface area contributed by atoms with E-state index in [1.54, 1.807) is 7.11 Å². The SMILES string of the molecule is CO[C@H]1CCOC2(C1)CN(C(=O)N1CCCC1)C2. The topological polar surface area (TPSA) is 42.0 Å². The highest BCUT2D eigenvalue weighted by molar-refractivity contribution is 5.76. The molecule has 5 nitrogen and oxygen atoms in total. The van der Waals surface area contributed by atoms with Crippen molar-refractivity contribution in [1.29, 1.82) is 0 Å². The minimum atomic E-state index is -0.117. The smallest absolute Gasteiger partial charge is 0.320 e. The molecule has 0 aromatic heterocycles. The molecule has 0 aliphatic carbocycles. The van der Waals surface area contributed by atoms with Gasteiger partial charge < -0.3 is 19.3 Å². The minimum absolute atomic E-state index is 0.117. The fourth-order valence-electron chi connectivity index (χ4n) is 3.30. The lowest BCUT2D eigenvalue weighted by atomic mass is 9.85. The Hall–Kier alpha value is -0.810. The zero-order valence-electron chi connectivity index (χ0n) is 11.1. The Kier molecular flexibility index (Phi) is 3.20. The van der Waals surface area contributed by atoms with Gasteiger partial charge in [0.2, 0.25) is 0 Å². The van der Waals surface area contributed by atoms with Gasteiger partial charge in [-0.1, -0.05) is 0 Å². The van der Waals surface area contributed by atoms with Crippen LogP contribution in [0.15, 0.2) is 0 Å². The van der Waals surface area contributed by atoms with Gasteiger partial charge in [0.05, 0.1) is 19.2 Å². The van der Waals surface area contributed by atoms with Crippen LogP contribution in [-0.4, -0.2) is 67.4 Å². The van der Waals surface area contributed by atoms with Crippen molar-refractivity contribution in [3.63, 3.8) is 0 Å². The largest absolute Gasteiger partial charge is 0.381 e. The molecule has 3 aliphatic heterocycles. The summed E-state index contributed by atoms with van der Waals surface area (Å²) in [6.07, 6.45) is 4.48. The summed E-state index contributed by atoms with van der Waals surface area (Å²) < 4.78 is 11.3. The van der Waals surface area contributed by atoms with E-state index in [2.05, 4.69) is 0 Å². The molecule has 1 spiro atoms. The zero-order chi connectivity index (χ0) is 12.6. The van der Waals surface area contributed by atoms with E-state index < -0.39 is 0 Å². The maximum absolute atomic E-state index is 12.2. The van der Waals surface area contributed by atoms with E-state index in [4.69, 9.17) is 9.47 Å². The third kappa shape index (κ3) is 2.10. The Morgan fingerprint density at radius 1 is 1.28 bits per heavy atom. The molecule has 3 saturated heterocycles. The first-order chi connectivity index (χ1) is 8.72. The van der Waals surface area contributed by atoms with Gasteiger partial charge in [0.15, 0.2) is 0 Å². The first-order valence-corrected chi connectivity index (χ1v) is 6.93. The summed E-state index contributed by atoms with van der Waals surface area (Å²) in [5.41, 5.74) is -0.117. The lowest BCUT2D eigenvalue weighted by Gasteiger charge is -2.53. The average molecular weight is 254 g/mol. The van der Waals surface area contributed by atoms with E-state index in [1.165, 1.54) is 0 Å². The first-order valence-electron chi connectivity index (χ1n) is 6.93. The zero-order valence-corrected chi connectivity index (χ0v) is 11.1. The Morgan fingerprint density at radius 3 is 2.67 bits per heavy atom. The average Bonchev–Trinajstić information content (AvgIpc) is 2.89. The maximum Gasteiger partial charge on any atom is 0.320 e. The van der Waals surface area contributed by atoms with Gasteiger partial charge in [-0.15, -0.1) is 0 Å². The minimum Gasteiger partial charge on any atom is -0.381 e. The number of carbonyl (C=O) groups excluding carboxylic acids is 1. The summed E-state index contributed by atoms with van der Waals surface area (Å²) in [7, 11) is 1.76. The van der Waals surface area contributed by atoms with Crippen LogP contribution in [0.5, 0.6) is 0 Å². The molecular formula is C13H22N2O3. The summed E-state index contributed by atoms with van der Waals surface area (Å²) >= 11 is 0. The van der Waals surface area contributed by atoms with Gasteiger partial charge >= 0.3 is 6.03 Å². The molecule has 3 heterocycles. The molecule has 0 bridgehead atoms. The molecule has 3 rings (SSSR count). The van der Waals surface area contributed by atoms with Gasteiger partial charge in [-0.25, -0.2) is 4.79 Å². The van der Waals surface area contributed by atoms with E-state index in [1.807, 2.05) is 9.80 Å².